The van der Waals surface area contributed by atoms with Gasteiger partial charge in [0.05, 0.1) is 10.9 Å². The molecule has 2 rings (SSSR count). The molecule has 0 aliphatic carbocycles. The number of anilines is 1. The number of halogens is 1. The monoisotopic (exact) mass is 312 g/mol. The Balaban J connectivity index is 2.23. The smallest absolute Gasteiger partial charge is 0.226 e. The first kappa shape index (κ1) is 14.2. The number of hydrogen-bond acceptors (Lipinski definition) is 5. The van der Waals surface area contributed by atoms with Crippen LogP contribution in [-0.2, 0) is 6.54 Å². The number of nitrogens with zero attached hydrogens (tertiary/aromatic N) is 3. The molecule has 2 N–H and O–H groups in total. The lowest BCUT2D eigenvalue weighted by atomic mass is 10.3. The van der Waals surface area contributed by atoms with Crippen LogP contribution in [0.4, 0.5) is 5.95 Å². The summed E-state index contributed by atoms with van der Waals surface area (Å²) in [4.78, 5) is 12.1. The second-order valence-corrected chi connectivity index (χ2v) is 6.36. The predicted molar refractivity (Wildman–Crippen MR) is 84.1 cm³/mol. The molecule has 2 aromatic heterocycles. The second-order valence-electron chi connectivity index (χ2n) is 4.12. The Morgan fingerprint density at radius 3 is 2.79 bits per heavy atom. The first-order valence-electron chi connectivity index (χ1n) is 5.56. The number of nitrogens with two attached hydrogens (primary N) is 1. The minimum absolute atomic E-state index is 0.277. The Hall–Kier alpha value is -1.24. The number of rotatable bonds is 4. The highest BCUT2D eigenvalue weighted by atomic mass is 35.5. The molecule has 2 heterocycles. The van der Waals surface area contributed by atoms with Crippen molar-refractivity contribution in [3.8, 4) is 0 Å². The Morgan fingerprint density at radius 2 is 2.21 bits per heavy atom. The molecule has 4 nitrogen and oxygen atoms in total. The molecule has 0 aromatic carbocycles. The Labute approximate surface area is 126 Å². The van der Waals surface area contributed by atoms with Gasteiger partial charge in [-0.3, -0.25) is 0 Å². The molecule has 0 aliphatic heterocycles. The number of aryl methyl sites for hydroxylation is 1. The minimum Gasteiger partial charge on any atom is -0.388 e. The molecule has 0 unspecified atom stereocenters. The van der Waals surface area contributed by atoms with Crippen LogP contribution in [0.1, 0.15) is 16.3 Å². The van der Waals surface area contributed by atoms with Gasteiger partial charge >= 0.3 is 0 Å². The van der Waals surface area contributed by atoms with Crippen molar-refractivity contribution < 1.29 is 0 Å². The van der Waals surface area contributed by atoms with Gasteiger partial charge in [-0.2, -0.15) is 0 Å². The maximum Gasteiger partial charge on any atom is 0.226 e. The normalized spacial score (nSPS) is 10.5. The van der Waals surface area contributed by atoms with Crippen LogP contribution in [0.25, 0.3) is 0 Å². The largest absolute Gasteiger partial charge is 0.388 e. The van der Waals surface area contributed by atoms with Crippen LogP contribution in [0, 0.1) is 6.92 Å². The number of thiocarbonyl (C=S) groups is 1. The summed E-state index contributed by atoms with van der Waals surface area (Å²) in [5.41, 5.74) is 7.04. The summed E-state index contributed by atoms with van der Waals surface area (Å²) in [6, 6.07) is 5.66. The Morgan fingerprint density at radius 1 is 1.47 bits per heavy atom. The highest BCUT2D eigenvalue weighted by Crippen LogP contribution is 2.23. The minimum atomic E-state index is 0.277. The summed E-state index contributed by atoms with van der Waals surface area (Å²) in [7, 11) is 1.92. The lowest BCUT2D eigenvalue weighted by Crippen LogP contribution is -2.21. The molecule has 0 aliphatic rings. The highest BCUT2D eigenvalue weighted by Gasteiger charge is 2.10. The summed E-state index contributed by atoms with van der Waals surface area (Å²) in [6.45, 7) is 2.58. The van der Waals surface area contributed by atoms with Crippen molar-refractivity contribution in [3.63, 3.8) is 0 Å². The van der Waals surface area contributed by atoms with Crippen LogP contribution in [0.5, 0.6) is 0 Å². The van der Waals surface area contributed by atoms with Crippen molar-refractivity contribution in [2.24, 2.45) is 5.73 Å². The van der Waals surface area contributed by atoms with Crippen LogP contribution in [0.2, 0.25) is 4.34 Å². The van der Waals surface area contributed by atoms with Gasteiger partial charge < -0.3 is 10.6 Å². The standard InChI is InChI=1S/C12H13ClN4S2/c1-7-5-9(11(14)18)16-12(15-7)17(2)6-8-3-4-10(13)19-8/h3-5H,6H2,1-2H3,(H2,14,18). The van der Waals surface area contributed by atoms with Crippen LogP contribution in [-0.4, -0.2) is 22.0 Å². The number of thiophene rings is 1. The van der Waals surface area contributed by atoms with Crippen molar-refractivity contribution in [1.29, 1.82) is 0 Å². The van der Waals surface area contributed by atoms with E-state index in [4.69, 9.17) is 29.6 Å². The van der Waals surface area contributed by atoms with Crippen LogP contribution < -0.4 is 10.6 Å². The predicted octanol–water partition coefficient (Wildman–Crippen LogP) is 2.77. The molecular formula is C12H13ClN4S2. The van der Waals surface area contributed by atoms with Crippen LogP contribution in [0.3, 0.4) is 0 Å². The molecule has 0 fully saturated rings. The van der Waals surface area contributed by atoms with Crippen molar-refractivity contribution in [3.05, 3.63) is 38.8 Å². The van der Waals surface area contributed by atoms with E-state index >= 15 is 0 Å². The van der Waals surface area contributed by atoms with E-state index in [9.17, 15) is 0 Å². The summed E-state index contributed by atoms with van der Waals surface area (Å²) < 4.78 is 0.775. The lowest BCUT2D eigenvalue weighted by Gasteiger charge is -2.17. The molecule has 0 atom stereocenters. The molecule has 0 saturated heterocycles. The van der Waals surface area contributed by atoms with Gasteiger partial charge in [-0.15, -0.1) is 11.3 Å². The SMILES string of the molecule is Cc1cc(C(N)=S)nc(N(C)Cc2ccc(Cl)s2)n1. The van der Waals surface area contributed by atoms with E-state index in [1.54, 1.807) is 17.4 Å². The van der Waals surface area contributed by atoms with E-state index in [1.807, 2.05) is 31.0 Å². The van der Waals surface area contributed by atoms with Gasteiger partial charge in [-0.1, -0.05) is 23.8 Å². The van der Waals surface area contributed by atoms with Crippen molar-refractivity contribution >= 4 is 46.1 Å². The van der Waals surface area contributed by atoms with Gasteiger partial charge in [0.25, 0.3) is 0 Å². The summed E-state index contributed by atoms with van der Waals surface area (Å²) in [5, 5.41) is 0. The van der Waals surface area contributed by atoms with Crippen LogP contribution >= 0.6 is 35.2 Å². The maximum absolute atomic E-state index is 5.92. The van der Waals surface area contributed by atoms with Crippen molar-refractivity contribution in [2.75, 3.05) is 11.9 Å². The Bertz CT molecular complexity index is 612. The average molecular weight is 313 g/mol. The quantitative estimate of drug-likeness (QED) is 0.880. The molecule has 0 amide bonds. The third-order valence-corrected chi connectivity index (χ3v) is 3.88. The lowest BCUT2D eigenvalue weighted by molar-refractivity contribution is 0.868. The molecule has 100 valence electrons. The van der Waals surface area contributed by atoms with E-state index in [1.165, 1.54) is 0 Å². The zero-order valence-corrected chi connectivity index (χ0v) is 12.9. The van der Waals surface area contributed by atoms with Gasteiger partial charge in [-0.25, -0.2) is 9.97 Å². The Kier molecular flexibility index (Phi) is 4.34. The third-order valence-electron chi connectivity index (χ3n) is 2.46. The van der Waals surface area contributed by atoms with E-state index in [0.29, 0.717) is 18.2 Å². The molecule has 0 spiro atoms. The summed E-state index contributed by atoms with van der Waals surface area (Å²) >= 11 is 12.4. The fourth-order valence-electron chi connectivity index (χ4n) is 1.59. The van der Waals surface area contributed by atoms with Crippen molar-refractivity contribution in [2.45, 2.75) is 13.5 Å². The number of hydrogen-bond donors (Lipinski definition) is 1. The topological polar surface area (TPSA) is 55.0 Å². The van der Waals surface area contributed by atoms with Gasteiger partial charge in [0.1, 0.15) is 10.7 Å². The highest BCUT2D eigenvalue weighted by molar-refractivity contribution is 7.80. The third kappa shape index (κ3) is 3.62. The van der Waals surface area contributed by atoms with Gasteiger partial charge in [0, 0.05) is 17.6 Å². The molecule has 2 aromatic rings. The molecule has 0 radical (unpaired) electrons. The fourth-order valence-corrected chi connectivity index (χ4v) is 2.84. The van der Waals surface area contributed by atoms with E-state index in [2.05, 4.69) is 9.97 Å². The average Bonchev–Trinajstić information content (AvgIpc) is 2.73. The molecule has 0 bridgehead atoms. The first-order valence-corrected chi connectivity index (χ1v) is 7.17. The zero-order chi connectivity index (χ0) is 14.0. The first-order chi connectivity index (χ1) is 8.95. The molecule has 7 heteroatoms. The van der Waals surface area contributed by atoms with Gasteiger partial charge in [-0.05, 0) is 25.1 Å². The van der Waals surface area contributed by atoms with E-state index in [-0.39, 0.29) is 4.99 Å². The molecular weight excluding hydrogens is 300 g/mol. The van der Waals surface area contributed by atoms with Gasteiger partial charge in [0.2, 0.25) is 5.95 Å². The van der Waals surface area contributed by atoms with Gasteiger partial charge in [0.15, 0.2) is 0 Å². The zero-order valence-electron chi connectivity index (χ0n) is 10.6. The maximum atomic E-state index is 5.92. The summed E-state index contributed by atoms with van der Waals surface area (Å²) in [5.74, 6) is 0.604. The summed E-state index contributed by atoms with van der Waals surface area (Å²) in [6.07, 6.45) is 0. The second kappa shape index (κ2) is 5.81. The number of aromatic nitrogens is 2. The van der Waals surface area contributed by atoms with Crippen molar-refractivity contribution in [1.82, 2.24) is 9.97 Å². The van der Waals surface area contributed by atoms with Crippen LogP contribution in [0.15, 0.2) is 18.2 Å². The van der Waals surface area contributed by atoms with E-state index in [0.717, 1.165) is 14.9 Å². The fraction of sp³-hybridized carbons (Fsp3) is 0.250. The molecule has 19 heavy (non-hydrogen) atoms. The molecule has 0 saturated carbocycles. The van der Waals surface area contributed by atoms with E-state index < -0.39 is 0 Å².